The number of nitrogens with zero attached hydrogens (tertiary/aromatic N) is 2. The van der Waals surface area contributed by atoms with Gasteiger partial charge in [-0.25, -0.2) is 9.93 Å². The molecular formula is C17H25N5O4S. The molecule has 148 valence electrons. The first kappa shape index (κ1) is 20.8. The molecule has 1 aliphatic heterocycles. The summed E-state index contributed by atoms with van der Waals surface area (Å²) in [7, 11) is -3.98. The van der Waals surface area contributed by atoms with Crippen molar-refractivity contribution in [3.63, 3.8) is 0 Å². The normalized spacial score (nSPS) is 14.3. The van der Waals surface area contributed by atoms with E-state index in [9.17, 15) is 18.5 Å². The molecule has 0 aliphatic carbocycles. The van der Waals surface area contributed by atoms with Gasteiger partial charge in [0.15, 0.2) is 0 Å². The van der Waals surface area contributed by atoms with E-state index in [0.29, 0.717) is 19.6 Å². The average molecular weight is 395 g/mol. The van der Waals surface area contributed by atoms with Crippen LogP contribution in [0.1, 0.15) is 37.7 Å². The van der Waals surface area contributed by atoms with Crippen LogP contribution in [0.25, 0.3) is 0 Å². The molecule has 10 heteroatoms. The van der Waals surface area contributed by atoms with E-state index < -0.39 is 10.2 Å². The van der Waals surface area contributed by atoms with Crippen LogP contribution < -0.4 is 19.9 Å². The van der Waals surface area contributed by atoms with Crippen molar-refractivity contribution in [3.05, 3.63) is 23.8 Å². The van der Waals surface area contributed by atoms with E-state index in [1.807, 2.05) is 11.0 Å². The first-order valence-electron chi connectivity index (χ1n) is 8.90. The number of nitrogens with two attached hydrogens (primary N) is 1. The second kappa shape index (κ2) is 9.99. The number of hydrogen-bond acceptors (Lipinski definition) is 5. The summed E-state index contributed by atoms with van der Waals surface area (Å²) in [5.41, 5.74) is 0.149. The Kier molecular flexibility index (Phi) is 7.69. The molecule has 4 N–H and O–H groups in total. The molecule has 1 fully saturated rings. The summed E-state index contributed by atoms with van der Waals surface area (Å²) in [5.74, 6) is 0.281. The molecule has 0 unspecified atom stereocenters. The zero-order chi connectivity index (χ0) is 19.7. The second-order valence-electron chi connectivity index (χ2n) is 6.27. The molecule has 0 spiro atoms. The molecule has 1 saturated heterocycles. The molecule has 0 aromatic heterocycles. The Morgan fingerprint density at radius 1 is 1.26 bits per heavy atom. The lowest BCUT2D eigenvalue weighted by atomic mass is 10.1. The Morgan fingerprint density at radius 3 is 2.67 bits per heavy atom. The van der Waals surface area contributed by atoms with E-state index in [-0.39, 0.29) is 23.0 Å². The number of nitrogens with one attached hydrogen (secondary N) is 2. The number of hydrogen-bond donors (Lipinski definition) is 3. The van der Waals surface area contributed by atoms with Gasteiger partial charge in [-0.15, -0.1) is 0 Å². The van der Waals surface area contributed by atoms with Gasteiger partial charge in [0.05, 0.1) is 12.3 Å². The summed E-state index contributed by atoms with van der Waals surface area (Å²) in [4.78, 5) is 13.8. The third kappa shape index (κ3) is 6.96. The highest BCUT2D eigenvalue weighted by Crippen LogP contribution is 2.26. The van der Waals surface area contributed by atoms with Crippen LogP contribution in [0.4, 0.5) is 10.5 Å². The van der Waals surface area contributed by atoms with E-state index in [1.54, 1.807) is 12.1 Å². The maximum absolute atomic E-state index is 12.0. The standard InChI is InChI=1S/C17H25N5O4S/c18-13-14-15(21-27(19,24)25)7-6-8-16(14)26-12-5-2-9-20-17(23)22-10-3-1-4-11-22/h6-8,21H,1-5,9-12H2,(H,20,23)(H2,19,24,25). The molecule has 1 aromatic carbocycles. The molecule has 1 aliphatic rings. The van der Waals surface area contributed by atoms with Gasteiger partial charge in [0.2, 0.25) is 0 Å². The third-order valence-corrected chi connectivity index (χ3v) is 4.64. The maximum atomic E-state index is 12.0. The minimum absolute atomic E-state index is 0.0239. The van der Waals surface area contributed by atoms with Gasteiger partial charge < -0.3 is 15.0 Å². The van der Waals surface area contributed by atoms with Crippen LogP contribution in [0.3, 0.4) is 0 Å². The van der Waals surface area contributed by atoms with E-state index in [4.69, 9.17) is 9.88 Å². The number of urea groups is 1. The highest BCUT2D eigenvalue weighted by molar-refractivity contribution is 7.90. The molecule has 27 heavy (non-hydrogen) atoms. The Hall–Kier alpha value is -2.51. The van der Waals surface area contributed by atoms with Crippen molar-refractivity contribution in [1.82, 2.24) is 10.2 Å². The second-order valence-corrected chi connectivity index (χ2v) is 7.57. The van der Waals surface area contributed by atoms with Crippen LogP contribution >= 0.6 is 0 Å². The zero-order valence-corrected chi connectivity index (χ0v) is 15.9. The Labute approximate surface area is 159 Å². The van der Waals surface area contributed by atoms with E-state index in [0.717, 1.165) is 32.4 Å². The van der Waals surface area contributed by atoms with Crippen LogP contribution in [0.15, 0.2) is 18.2 Å². The third-order valence-electron chi connectivity index (χ3n) is 4.14. The van der Waals surface area contributed by atoms with Gasteiger partial charge in [-0.3, -0.25) is 4.72 Å². The summed E-state index contributed by atoms with van der Waals surface area (Å²) in [5, 5.41) is 17.1. The Balaban J connectivity index is 1.74. The van der Waals surface area contributed by atoms with Gasteiger partial charge in [0, 0.05) is 19.6 Å². The fraction of sp³-hybridized carbons (Fsp3) is 0.529. The van der Waals surface area contributed by atoms with Gasteiger partial charge in [-0.2, -0.15) is 13.7 Å². The number of rotatable bonds is 8. The van der Waals surface area contributed by atoms with Crippen molar-refractivity contribution in [3.8, 4) is 11.8 Å². The molecule has 2 amide bonds. The summed E-state index contributed by atoms with van der Waals surface area (Å²) in [6.07, 6.45) is 4.71. The monoisotopic (exact) mass is 395 g/mol. The minimum atomic E-state index is -3.98. The topological polar surface area (TPSA) is 138 Å². The van der Waals surface area contributed by atoms with E-state index in [2.05, 4.69) is 10.0 Å². The summed E-state index contributed by atoms with van der Waals surface area (Å²) in [6, 6.07) is 6.49. The predicted molar refractivity (Wildman–Crippen MR) is 101 cm³/mol. The molecule has 0 atom stereocenters. The lowest BCUT2D eigenvalue weighted by molar-refractivity contribution is 0.186. The van der Waals surface area contributed by atoms with Crippen molar-refractivity contribution >= 4 is 21.9 Å². The van der Waals surface area contributed by atoms with Gasteiger partial charge in [0.1, 0.15) is 17.4 Å². The fourth-order valence-electron chi connectivity index (χ4n) is 2.82. The first-order valence-corrected chi connectivity index (χ1v) is 10.4. The molecule has 9 nitrogen and oxygen atoms in total. The largest absolute Gasteiger partial charge is 0.492 e. The number of unbranched alkanes of at least 4 members (excludes halogenated alkanes) is 1. The van der Waals surface area contributed by atoms with Crippen LogP contribution in [0.2, 0.25) is 0 Å². The van der Waals surface area contributed by atoms with Crippen LogP contribution in [0, 0.1) is 11.3 Å². The van der Waals surface area contributed by atoms with Gasteiger partial charge in [0.25, 0.3) is 10.2 Å². The zero-order valence-electron chi connectivity index (χ0n) is 15.1. The number of nitriles is 1. The van der Waals surface area contributed by atoms with Crippen molar-refractivity contribution in [2.75, 3.05) is 31.0 Å². The number of piperidine rings is 1. The van der Waals surface area contributed by atoms with Crippen molar-refractivity contribution < 1.29 is 17.9 Å². The number of benzene rings is 1. The molecular weight excluding hydrogens is 370 g/mol. The number of carbonyl (C=O) groups excluding carboxylic acids is 1. The van der Waals surface area contributed by atoms with Gasteiger partial charge in [-0.05, 0) is 44.2 Å². The first-order chi connectivity index (χ1) is 12.9. The van der Waals surface area contributed by atoms with Gasteiger partial charge in [-0.1, -0.05) is 6.07 Å². The van der Waals surface area contributed by atoms with Crippen molar-refractivity contribution in [1.29, 1.82) is 5.26 Å². The average Bonchev–Trinajstić information content (AvgIpc) is 2.64. The Bertz CT molecular complexity index is 785. The number of ether oxygens (including phenoxy) is 1. The predicted octanol–water partition coefficient (Wildman–Crippen LogP) is 1.53. The van der Waals surface area contributed by atoms with E-state index >= 15 is 0 Å². The molecule has 2 rings (SSSR count). The number of likely N-dealkylation sites (tertiary alicyclic amines) is 1. The molecule has 0 radical (unpaired) electrons. The molecule has 1 aromatic rings. The molecule has 1 heterocycles. The molecule has 0 saturated carbocycles. The number of anilines is 1. The minimum Gasteiger partial charge on any atom is -0.492 e. The van der Waals surface area contributed by atoms with Crippen LogP contribution in [0.5, 0.6) is 5.75 Å². The van der Waals surface area contributed by atoms with Crippen molar-refractivity contribution in [2.24, 2.45) is 5.14 Å². The van der Waals surface area contributed by atoms with E-state index in [1.165, 1.54) is 12.5 Å². The smallest absolute Gasteiger partial charge is 0.317 e. The fourth-order valence-corrected chi connectivity index (χ4v) is 3.29. The summed E-state index contributed by atoms with van der Waals surface area (Å²) in [6.45, 7) is 2.52. The van der Waals surface area contributed by atoms with Gasteiger partial charge >= 0.3 is 6.03 Å². The number of carbonyl (C=O) groups is 1. The lowest BCUT2D eigenvalue weighted by Gasteiger charge is -2.26. The highest BCUT2D eigenvalue weighted by Gasteiger charge is 2.15. The Morgan fingerprint density at radius 2 is 2.00 bits per heavy atom. The molecule has 0 bridgehead atoms. The lowest BCUT2D eigenvalue weighted by Crippen LogP contribution is -2.43. The highest BCUT2D eigenvalue weighted by atomic mass is 32.2. The number of amides is 2. The van der Waals surface area contributed by atoms with Crippen LogP contribution in [-0.2, 0) is 10.2 Å². The maximum Gasteiger partial charge on any atom is 0.317 e. The quantitative estimate of drug-likeness (QED) is 0.573. The summed E-state index contributed by atoms with van der Waals surface area (Å²) < 4.78 is 30.0. The SMILES string of the molecule is N#Cc1c(NS(N)(=O)=O)cccc1OCCCCNC(=O)N1CCCCC1. The van der Waals surface area contributed by atoms with Crippen molar-refractivity contribution in [2.45, 2.75) is 32.1 Å². The summed E-state index contributed by atoms with van der Waals surface area (Å²) >= 11 is 0. The van der Waals surface area contributed by atoms with Crippen LogP contribution in [-0.4, -0.2) is 45.6 Å².